The summed E-state index contributed by atoms with van der Waals surface area (Å²) in [6.07, 6.45) is 3.18. The van der Waals surface area contributed by atoms with Crippen molar-refractivity contribution in [2.75, 3.05) is 19.6 Å². The van der Waals surface area contributed by atoms with E-state index in [0.717, 1.165) is 25.9 Å². The first kappa shape index (κ1) is 17.4. The minimum Gasteiger partial charge on any atom is -0.460 e. The van der Waals surface area contributed by atoms with Crippen molar-refractivity contribution in [3.63, 3.8) is 0 Å². The van der Waals surface area contributed by atoms with E-state index in [9.17, 15) is 14.0 Å². The van der Waals surface area contributed by atoms with Gasteiger partial charge in [0.15, 0.2) is 5.69 Å². The average molecular weight is 425 g/mol. The molecule has 2 fully saturated rings. The van der Waals surface area contributed by atoms with Crippen molar-refractivity contribution in [1.29, 1.82) is 0 Å². The number of hydrogen-bond acceptors (Lipinski definition) is 5. The smallest absolute Gasteiger partial charge is 0.312 e. The largest absolute Gasteiger partial charge is 0.460 e. The molecule has 1 spiro atoms. The van der Waals surface area contributed by atoms with Gasteiger partial charge in [0.1, 0.15) is 11.8 Å². The molecule has 2 aromatic heterocycles. The van der Waals surface area contributed by atoms with Crippen molar-refractivity contribution in [3.8, 4) is 0 Å². The zero-order valence-electron chi connectivity index (χ0n) is 13.9. The second-order valence-corrected chi connectivity index (χ2v) is 7.71. The van der Waals surface area contributed by atoms with E-state index in [-0.39, 0.29) is 18.2 Å². The molecule has 2 aliphatic rings. The molecule has 2 saturated heterocycles. The summed E-state index contributed by atoms with van der Waals surface area (Å²) in [4.78, 5) is 28.6. The molecule has 4 rings (SSSR count). The van der Waals surface area contributed by atoms with Crippen LogP contribution >= 0.6 is 15.9 Å². The first-order valence-corrected chi connectivity index (χ1v) is 9.31. The number of pyridine rings is 1. The summed E-state index contributed by atoms with van der Waals surface area (Å²) >= 11 is 3.26. The van der Waals surface area contributed by atoms with Gasteiger partial charge in [-0.05, 0) is 54.0 Å². The summed E-state index contributed by atoms with van der Waals surface area (Å²) in [5.74, 6) is -1.54. The molecule has 2 aliphatic heterocycles. The van der Waals surface area contributed by atoms with Crippen LogP contribution in [0.25, 0.3) is 5.65 Å². The van der Waals surface area contributed by atoms with Crippen molar-refractivity contribution >= 4 is 33.5 Å². The molecule has 4 heterocycles. The summed E-state index contributed by atoms with van der Waals surface area (Å²) in [6, 6.07) is 3.34. The van der Waals surface area contributed by atoms with Gasteiger partial charge in [0.2, 0.25) is 5.95 Å². The maximum Gasteiger partial charge on any atom is 0.312 e. The van der Waals surface area contributed by atoms with Crippen molar-refractivity contribution in [1.82, 2.24) is 20.0 Å². The van der Waals surface area contributed by atoms with Crippen molar-refractivity contribution in [2.45, 2.75) is 25.4 Å². The van der Waals surface area contributed by atoms with Crippen molar-refractivity contribution in [3.05, 3.63) is 34.4 Å². The number of esters is 1. The number of fused-ring (bicyclic) bond motifs is 1. The Balaban J connectivity index is 1.43. The number of aromatic nitrogens is 2. The zero-order valence-corrected chi connectivity index (χ0v) is 15.5. The van der Waals surface area contributed by atoms with Crippen molar-refractivity contribution in [2.24, 2.45) is 5.41 Å². The fourth-order valence-electron chi connectivity index (χ4n) is 3.69. The minimum atomic E-state index is -0.725. The number of rotatable bonds is 3. The van der Waals surface area contributed by atoms with Gasteiger partial charge in [0.25, 0.3) is 5.91 Å². The molecule has 2 aromatic rings. The van der Waals surface area contributed by atoms with Crippen LogP contribution in [0.2, 0.25) is 0 Å². The topological polar surface area (TPSA) is 84.7 Å². The number of ether oxygens (including phenoxy) is 1. The van der Waals surface area contributed by atoms with Crippen LogP contribution in [0.5, 0.6) is 0 Å². The zero-order chi connectivity index (χ0) is 18.3. The highest BCUT2D eigenvalue weighted by atomic mass is 79.9. The van der Waals surface area contributed by atoms with Gasteiger partial charge in [-0.1, -0.05) is 0 Å². The Morgan fingerprint density at radius 3 is 3.00 bits per heavy atom. The number of carbonyl (C=O) groups excluding carboxylic acids is 2. The number of hydrogen-bond donors (Lipinski definition) is 2. The predicted octanol–water partition coefficient (Wildman–Crippen LogP) is 1.65. The molecule has 1 atom stereocenters. The van der Waals surface area contributed by atoms with Crippen LogP contribution in [-0.2, 0) is 9.53 Å². The van der Waals surface area contributed by atoms with Crippen LogP contribution < -0.4 is 10.6 Å². The third-order valence-corrected chi connectivity index (χ3v) is 5.58. The molecule has 9 heteroatoms. The molecule has 0 radical (unpaired) electrons. The van der Waals surface area contributed by atoms with E-state index in [0.29, 0.717) is 16.5 Å². The monoisotopic (exact) mass is 424 g/mol. The number of halogens is 2. The van der Waals surface area contributed by atoms with Gasteiger partial charge in [-0.2, -0.15) is 4.39 Å². The predicted molar refractivity (Wildman–Crippen MR) is 94.2 cm³/mol. The molecule has 0 aliphatic carbocycles. The number of cyclic esters (lactones) is 1. The molecule has 1 unspecified atom stereocenters. The quantitative estimate of drug-likeness (QED) is 0.731. The number of nitrogens with one attached hydrogen (secondary N) is 2. The molecule has 138 valence electrons. The van der Waals surface area contributed by atoms with E-state index in [1.807, 2.05) is 0 Å². The Hall–Kier alpha value is -2.00. The van der Waals surface area contributed by atoms with Crippen LogP contribution in [0, 0.1) is 11.4 Å². The van der Waals surface area contributed by atoms with E-state index < -0.39 is 23.4 Å². The van der Waals surface area contributed by atoms with Gasteiger partial charge >= 0.3 is 5.97 Å². The molecule has 1 amide bonds. The van der Waals surface area contributed by atoms with Crippen molar-refractivity contribution < 1.29 is 18.7 Å². The highest BCUT2D eigenvalue weighted by Gasteiger charge is 2.49. The third kappa shape index (κ3) is 2.99. The second-order valence-electron chi connectivity index (χ2n) is 6.80. The second kappa shape index (κ2) is 6.62. The Morgan fingerprint density at radius 1 is 1.46 bits per heavy atom. The molecular formula is C17H18BrFN4O3. The van der Waals surface area contributed by atoms with Crippen LogP contribution in [0.15, 0.2) is 22.8 Å². The van der Waals surface area contributed by atoms with E-state index in [1.165, 1.54) is 10.6 Å². The molecule has 2 N–H and O–H groups in total. The highest BCUT2D eigenvalue weighted by molar-refractivity contribution is 9.10. The number of carbonyl (C=O) groups is 2. The van der Waals surface area contributed by atoms with E-state index in [1.54, 1.807) is 12.1 Å². The van der Waals surface area contributed by atoms with E-state index in [2.05, 4.69) is 31.5 Å². The normalized spacial score (nSPS) is 21.9. The average Bonchev–Trinajstić information content (AvgIpc) is 3.11. The third-order valence-electron chi connectivity index (χ3n) is 5.12. The van der Waals surface area contributed by atoms with Gasteiger partial charge in [-0.3, -0.25) is 14.0 Å². The van der Waals surface area contributed by atoms with Gasteiger partial charge < -0.3 is 15.4 Å². The molecular weight excluding hydrogens is 407 g/mol. The highest BCUT2D eigenvalue weighted by Crippen LogP contribution is 2.41. The number of amides is 1. The molecule has 26 heavy (non-hydrogen) atoms. The number of imidazole rings is 1. The fourth-order valence-corrected chi connectivity index (χ4v) is 4.03. The van der Waals surface area contributed by atoms with Crippen LogP contribution in [0.3, 0.4) is 0 Å². The van der Waals surface area contributed by atoms with Gasteiger partial charge in [0, 0.05) is 17.1 Å². The van der Waals surface area contributed by atoms with Gasteiger partial charge in [0.05, 0.1) is 12.0 Å². The number of piperidine rings is 1. The number of nitrogens with zero attached hydrogens (tertiary/aromatic N) is 2. The Kier molecular flexibility index (Phi) is 4.44. The minimum absolute atomic E-state index is 0.150. The van der Waals surface area contributed by atoms with Gasteiger partial charge in [-0.25, -0.2) is 4.98 Å². The maximum atomic E-state index is 14.4. The maximum absolute atomic E-state index is 14.4. The first-order valence-electron chi connectivity index (χ1n) is 8.52. The Morgan fingerprint density at radius 2 is 2.23 bits per heavy atom. The molecule has 0 bridgehead atoms. The Bertz CT molecular complexity index is 878. The summed E-state index contributed by atoms with van der Waals surface area (Å²) in [7, 11) is 0. The van der Waals surface area contributed by atoms with E-state index in [4.69, 9.17) is 4.74 Å². The summed E-state index contributed by atoms with van der Waals surface area (Å²) in [6.45, 7) is 1.73. The van der Waals surface area contributed by atoms with Crippen LogP contribution in [0.4, 0.5) is 4.39 Å². The molecule has 0 saturated carbocycles. The lowest BCUT2D eigenvalue weighted by Gasteiger charge is -2.29. The fraction of sp³-hybridized carbons (Fsp3) is 0.471. The Labute approximate surface area is 157 Å². The lowest BCUT2D eigenvalue weighted by Crippen LogP contribution is -2.39. The lowest BCUT2D eigenvalue weighted by molar-refractivity contribution is -0.149. The lowest BCUT2D eigenvalue weighted by atomic mass is 9.76. The molecule has 0 aromatic carbocycles. The van der Waals surface area contributed by atoms with Crippen LogP contribution in [0.1, 0.15) is 29.8 Å². The summed E-state index contributed by atoms with van der Waals surface area (Å²) in [5, 5.41) is 5.87. The summed E-state index contributed by atoms with van der Waals surface area (Å²) in [5.41, 5.74) is -0.373. The standard InChI is InChI=1S/C17H18BrFN4O3/c18-10-1-2-12-22-13(14(19)23(12)9-10)15(24)21-8-11-7-17(16(25)26-11)3-5-20-6-4-17/h1-2,9,11,20H,3-8H2,(H,21,24). The van der Waals surface area contributed by atoms with Crippen LogP contribution in [-0.4, -0.2) is 47.0 Å². The van der Waals surface area contributed by atoms with Gasteiger partial charge in [-0.15, -0.1) is 0 Å². The SMILES string of the molecule is O=C(NCC1CC2(CCNCC2)C(=O)O1)c1nc2ccc(Br)cn2c1F. The summed E-state index contributed by atoms with van der Waals surface area (Å²) < 4.78 is 21.8. The molecule has 7 nitrogen and oxygen atoms in total. The van der Waals surface area contributed by atoms with E-state index >= 15 is 0 Å². The first-order chi connectivity index (χ1) is 12.5.